The average molecular weight is 495 g/mol. The smallest absolute Gasteiger partial charge is 0.220 e. The average Bonchev–Trinajstić information content (AvgIpc) is 2.81. The number of aryl methyl sites for hydroxylation is 1. The first-order chi connectivity index (χ1) is 16.6. The largest absolute Gasteiger partial charge is 0.748 e. The van der Waals surface area contributed by atoms with Gasteiger partial charge >= 0.3 is 0 Å². The number of hydrogen-bond acceptors (Lipinski definition) is 6. The van der Waals surface area contributed by atoms with E-state index >= 15 is 0 Å². The van der Waals surface area contributed by atoms with Gasteiger partial charge in [0.05, 0.1) is 20.9 Å². The lowest BCUT2D eigenvalue weighted by Gasteiger charge is -2.18. The second-order valence-corrected chi connectivity index (χ2v) is 9.94. The lowest BCUT2D eigenvalue weighted by molar-refractivity contribution is -0.659. The summed E-state index contributed by atoms with van der Waals surface area (Å²) in [5, 5.41) is 3.60. The van der Waals surface area contributed by atoms with Crippen LogP contribution in [0.25, 0.3) is 32.9 Å². The van der Waals surface area contributed by atoms with Gasteiger partial charge in [0.2, 0.25) is 11.2 Å². The van der Waals surface area contributed by atoms with Gasteiger partial charge in [-0.3, -0.25) is 0 Å². The number of nitrogens with zero attached hydrogens (tertiary/aromatic N) is 2. The van der Waals surface area contributed by atoms with E-state index in [0.717, 1.165) is 44.0 Å². The van der Waals surface area contributed by atoms with Crippen LogP contribution in [0.5, 0.6) is 0 Å². The molecule has 0 amide bonds. The fraction of sp³-hybridized carbons (Fsp3) is 0.296. The van der Waals surface area contributed by atoms with Crippen LogP contribution in [0.4, 0.5) is 11.4 Å². The first-order valence-corrected chi connectivity index (χ1v) is 13.6. The van der Waals surface area contributed by atoms with Crippen molar-refractivity contribution in [2.24, 2.45) is 0 Å². The minimum atomic E-state index is -3.92. The Hall–Kier alpha value is -3.20. The summed E-state index contributed by atoms with van der Waals surface area (Å²) >= 11 is 0. The fourth-order valence-corrected chi connectivity index (χ4v) is 4.39. The molecule has 0 fully saturated rings. The minimum Gasteiger partial charge on any atom is -0.748 e. The molecule has 4 N–H and O–H groups in total. The van der Waals surface area contributed by atoms with Crippen molar-refractivity contribution in [1.82, 2.24) is 4.90 Å². The van der Waals surface area contributed by atoms with Crippen LogP contribution in [-0.2, 0) is 16.7 Å². The van der Waals surface area contributed by atoms with Crippen LogP contribution in [0, 0.1) is 0 Å². The molecule has 35 heavy (non-hydrogen) atoms. The lowest BCUT2D eigenvalue weighted by Crippen LogP contribution is -2.39. The zero-order valence-electron chi connectivity index (χ0n) is 20.6. The van der Waals surface area contributed by atoms with Gasteiger partial charge in [-0.25, -0.2) is 8.42 Å². The molecule has 4 rings (SSSR count). The predicted octanol–water partition coefficient (Wildman–Crippen LogP) is 4.01. The Labute approximate surface area is 207 Å². The van der Waals surface area contributed by atoms with Crippen LogP contribution >= 0.6 is 0 Å². The quantitative estimate of drug-likeness (QED) is 0.174. The predicted molar refractivity (Wildman–Crippen MR) is 144 cm³/mol. The van der Waals surface area contributed by atoms with Crippen LogP contribution in [0.15, 0.2) is 66.7 Å². The van der Waals surface area contributed by atoms with Crippen molar-refractivity contribution in [3.63, 3.8) is 0 Å². The molecule has 0 unspecified atom stereocenters. The van der Waals surface area contributed by atoms with Gasteiger partial charge in [0, 0.05) is 47.6 Å². The Balaban J connectivity index is 0.000000623. The van der Waals surface area contributed by atoms with Gasteiger partial charge in [-0.05, 0) is 49.5 Å². The molecule has 0 saturated carbocycles. The van der Waals surface area contributed by atoms with Gasteiger partial charge in [0.1, 0.15) is 0 Å². The molecule has 0 aliphatic heterocycles. The van der Waals surface area contributed by atoms with Crippen LogP contribution in [0.3, 0.4) is 0 Å². The van der Waals surface area contributed by atoms with Crippen molar-refractivity contribution >= 4 is 43.2 Å². The van der Waals surface area contributed by atoms with E-state index in [1.54, 1.807) is 0 Å². The number of benzene rings is 3. The monoisotopic (exact) mass is 494 g/mol. The van der Waals surface area contributed by atoms with Gasteiger partial charge in [0.15, 0.2) is 6.54 Å². The van der Waals surface area contributed by atoms with E-state index in [2.05, 4.69) is 77.9 Å². The number of nitrogens with two attached hydrogens (primary N) is 2. The highest BCUT2D eigenvalue weighted by molar-refractivity contribution is 7.84. The van der Waals surface area contributed by atoms with Gasteiger partial charge in [-0.2, -0.15) is 4.57 Å². The summed E-state index contributed by atoms with van der Waals surface area (Å²) in [6, 6.07) is 23.1. The Bertz CT molecular complexity index is 1390. The summed E-state index contributed by atoms with van der Waals surface area (Å²) in [6.45, 7) is 8.60. The summed E-state index contributed by atoms with van der Waals surface area (Å²) in [4.78, 5) is 2.47. The van der Waals surface area contributed by atoms with Gasteiger partial charge in [-0.15, -0.1) is 0 Å². The Morgan fingerprint density at radius 2 is 1.43 bits per heavy atom. The van der Waals surface area contributed by atoms with Gasteiger partial charge in [-0.1, -0.05) is 38.1 Å². The van der Waals surface area contributed by atoms with Crippen molar-refractivity contribution in [1.29, 1.82) is 0 Å². The molecule has 8 heteroatoms. The van der Waals surface area contributed by atoms with Crippen LogP contribution in [0.2, 0.25) is 0 Å². The molecule has 186 valence electrons. The molecule has 0 bridgehead atoms. The molecule has 3 aromatic carbocycles. The number of pyridine rings is 1. The zero-order valence-corrected chi connectivity index (χ0v) is 21.4. The van der Waals surface area contributed by atoms with E-state index in [9.17, 15) is 0 Å². The molecule has 0 aliphatic rings. The Morgan fingerprint density at radius 3 is 2.03 bits per heavy atom. The topological polar surface area (TPSA) is 116 Å². The van der Waals surface area contributed by atoms with Gasteiger partial charge in [0.25, 0.3) is 0 Å². The number of rotatable bonds is 7. The highest BCUT2D eigenvalue weighted by Crippen LogP contribution is 2.33. The summed E-state index contributed by atoms with van der Waals surface area (Å²) in [6.07, 6.45) is 1.68. The van der Waals surface area contributed by atoms with E-state index in [1.165, 1.54) is 32.9 Å². The Kier molecular flexibility index (Phi) is 8.67. The first kappa shape index (κ1) is 26.4. The first-order valence-electron chi connectivity index (χ1n) is 11.7. The number of anilines is 2. The molecule has 1 aromatic heterocycles. The third kappa shape index (κ3) is 6.91. The molecular weight excluding hydrogens is 460 g/mol. The molecule has 0 radical (unpaired) electrons. The molecule has 1 heterocycles. The second kappa shape index (κ2) is 11.5. The number of nitrogen functional groups attached to an aromatic ring is 2. The van der Waals surface area contributed by atoms with Crippen LogP contribution < -0.4 is 16.0 Å². The molecule has 0 spiro atoms. The van der Waals surface area contributed by atoms with E-state index in [1.807, 2.05) is 12.1 Å². The number of fused-ring (bicyclic) bond motifs is 3. The second-order valence-electron chi connectivity index (χ2n) is 8.53. The van der Waals surface area contributed by atoms with Crippen molar-refractivity contribution < 1.29 is 17.5 Å². The molecule has 7 nitrogen and oxygen atoms in total. The molecule has 0 saturated heterocycles. The standard InChI is InChI=1S/C26H30N4.CH4O3S/c1-3-29(4-2)15-8-16-30-25-18-21(28)12-14-23(25)22-13-11-20(27)17-24(22)26(30)19-9-6-5-7-10-19;1-5(2,3)4/h5-7,9-14,17-18,28H,3-4,8,15-16,27H2,1-2H3;1H3,(H,2,3,4). The van der Waals surface area contributed by atoms with Crippen molar-refractivity contribution in [3.8, 4) is 11.3 Å². The maximum absolute atomic E-state index is 9.08. The summed E-state index contributed by atoms with van der Waals surface area (Å²) in [7, 11) is -3.92. The zero-order chi connectivity index (χ0) is 25.6. The normalized spacial score (nSPS) is 11.6. The Morgan fingerprint density at radius 1 is 0.857 bits per heavy atom. The van der Waals surface area contributed by atoms with Gasteiger partial charge < -0.3 is 20.9 Å². The fourth-order valence-electron chi connectivity index (χ4n) is 4.39. The van der Waals surface area contributed by atoms with Crippen LogP contribution in [0.1, 0.15) is 20.3 Å². The van der Waals surface area contributed by atoms with Crippen molar-refractivity contribution in [2.75, 3.05) is 37.4 Å². The van der Waals surface area contributed by atoms with E-state index in [0.29, 0.717) is 6.26 Å². The maximum Gasteiger partial charge on any atom is 0.220 e. The molecular formula is C27H34N4O3S. The molecule has 0 atom stereocenters. The van der Waals surface area contributed by atoms with Crippen LogP contribution in [-0.4, -0.2) is 43.8 Å². The summed E-state index contributed by atoms with van der Waals surface area (Å²) in [5.41, 5.74) is 17.6. The third-order valence-electron chi connectivity index (χ3n) is 5.97. The SMILES string of the molecule is CCN(CC)CCC[n+]1c(-c2ccccc2)c2cc(N)ccc2c2ccc(N)cc21.CS(=O)(=O)[O-]. The summed E-state index contributed by atoms with van der Waals surface area (Å²) < 4.78 is 29.7. The van der Waals surface area contributed by atoms with Crippen molar-refractivity contribution in [2.45, 2.75) is 26.8 Å². The molecule has 4 aromatic rings. The number of aromatic nitrogens is 1. The van der Waals surface area contributed by atoms with E-state index < -0.39 is 10.1 Å². The third-order valence-corrected chi connectivity index (χ3v) is 5.97. The van der Waals surface area contributed by atoms with Crippen molar-refractivity contribution in [3.05, 3.63) is 66.7 Å². The number of hydrogen-bond donors (Lipinski definition) is 2. The highest BCUT2D eigenvalue weighted by atomic mass is 32.2. The highest BCUT2D eigenvalue weighted by Gasteiger charge is 2.23. The molecule has 0 aliphatic carbocycles. The minimum absolute atomic E-state index is 0.604. The maximum atomic E-state index is 9.08. The summed E-state index contributed by atoms with van der Waals surface area (Å²) in [5.74, 6) is 0. The van der Waals surface area contributed by atoms with E-state index in [4.69, 9.17) is 24.4 Å². The lowest BCUT2D eigenvalue weighted by atomic mass is 9.98. The van der Waals surface area contributed by atoms with E-state index in [-0.39, 0.29) is 0 Å².